The third-order valence-corrected chi connectivity index (χ3v) is 2.74. The molecule has 0 radical (unpaired) electrons. The van der Waals surface area contributed by atoms with Crippen molar-refractivity contribution in [1.29, 1.82) is 0 Å². The van der Waals surface area contributed by atoms with Crippen molar-refractivity contribution < 1.29 is 9.59 Å². The highest BCUT2D eigenvalue weighted by Crippen LogP contribution is 2.19. The number of imide groups is 1. The molecule has 1 N–H and O–H groups in total. The van der Waals surface area contributed by atoms with Crippen molar-refractivity contribution in [2.45, 2.75) is 12.3 Å². The van der Waals surface area contributed by atoms with Gasteiger partial charge in [0.2, 0.25) is 5.91 Å². The number of rotatable bonds is 2. The van der Waals surface area contributed by atoms with Gasteiger partial charge in [0.05, 0.1) is 0 Å². The minimum atomic E-state index is -0.372. The van der Waals surface area contributed by atoms with E-state index < -0.39 is 0 Å². The molecule has 2 rings (SSSR count). The predicted octanol–water partition coefficient (Wildman–Crippen LogP) is 1.87. The molecule has 1 heterocycles. The molecular weight excluding hydrogens is 228 g/mol. The van der Waals surface area contributed by atoms with Crippen LogP contribution in [0.1, 0.15) is 12.0 Å². The van der Waals surface area contributed by atoms with Gasteiger partial charge in [-0.1, -0.05) is 12.1 Å². The monoisotopic (exact) mass is 238 g/mol. The van der Waals surface area contributed by atoms with Crippen LogP contribution in [0.2, 0.25) is 0 Å². The van der Waals surface area contributed by atoms with Crippen molar-refractivity contribution in [2.75, 3.05) is 11.4 Å². The Morgan fingerprint density at radius 3 is 2.88 bits per heavy atom. The highest BCUT2D eigenvalue weighted by Gasteiger charge is 2.23. The third kappa shape index (κ3) is 2.17. The van der Waals surface area contributed by atoms with Gasteiger partial charge in [-0.3, -0.25) is 15.0 Å². The summed E-state index contributed by atoms with van der Waals surface area (Å²) in [6, 6.07) is 7.04. The van der Waals surface area contributed by atoms with Gasteiger partial charge < -0.3 is 0 Å². The van der Waals surface area contributed by atoms with E-state index in [1.54, 1.807) is 0 Å². The summed E-state index contributed by atoms with van der Waals surface area (Å²) in [5, 5.41) is 2.28. The molecular formula is C11H11ClN2O2. The van der Waals surface area contributed by atoms with E-state index in [2.05, 4.69) is 5.32 Å². The molecule has 1 aliphatic heterocycles. The molecule has 0 saturated carbocycles. The average molecular weight is 239 g/mol. The number of urea groups is 1. The Hall–Kier alpha value is -1.55. The zero-order valence-corrected chi connectivity index (χ0v) is 9.33. The molecule has 0 bridgehead atoms. The number of carbonyl (C=O) groups excluding carboxylic acids is 2. The first kappa shape index (κ1) is 11.0. The minimum absolute atomic E-state index is 0.227. The normalized spacial score (nSPS) is 16.2. The molecule has 0 spiro atoms. The number of halogens is 1. The second-order valence-electron chi connectivity index (χ2n) is 3.56. The highest BCUT2D eigenvalue weighted by molar-refractivity contribution is 6.17. The topological polar surface area (TPSA) is 49.4 Å². The second kappa shape index (κ2) is 4.53. The van der Waals surface area contributed by atoms with Crippen molar-refractivity contribution in [3.63, 3.8) is 0 Å². The number of anilines is 1. The fourth-order valence-corrected chi connectivity index (χ4v) is 1.78. The summed E-state index contributed by atoms with van der Waals surface area (Å²) in [5.41, 5.74) is 1.71. The Labute approximate surface area is 98.2 Å². The number of amides is 3. The lowest BCUT2D eigenvalue weighted by molar-refractivity contribution is -0.120. The van der Waals surface area contributed by atoms with Crippen molar-refractivity contribution in [2.24, 2.45) is 0 Å². The summed E-state index contributed by atoms with van der Waals surface area (Å²) in [4.78, 5) is 24.1. The Kier molecular flexibility index (Phi) is 3.10. The van der Waals surface area contributed by atoms with Crippen molar-refractivity contribution in [1.82, 2.24) is 5.32 Å². The van der Waals surface area contributed by atoms with Crippen LogP contribution in [0, 0.1) is 0 Å². The van der Waals surface area contributed by atoms with Crippen molar-refractivity contribution in [3.05, 3.63) is 29.8 Å². The lowest BCUT2D eigenvalue weighted by atomic mass is 10.2. The largest absolute Gasteiger partial charge is 0.328 e. The van der Waals surface area contributed by atoms with Crippen molar-refractivity contribution >= 4 is 29.2 Å². The van der Waals surface area contributed by atoms with E-state index in [1.165, 1.54) is 4.90 Å². The molecule has 0 aliphatic carbocycles. The van der Waals surface area contributed by atoms with Gasteiger partial charge in [-0.25, -0.2) is 4.79 Å². The number of hydrogen-bond donors (Lipinski definition) is 1. The summed E-state index contributed by atoms with van der Waals surface area (Å²) in [6.45, 7) is 0.413. The van der Waals surface area contributed by atoms with Crippen LogP contribution in [-0.2, 0) is 10.7 Å². The van der Waals surface area contributed by atoms with Crippen LogP contribution in [-0.4, -0.2) is 18.5 Å². The molecule has 0 atom stereocenters. The number of nitrogens with one attached hydrogen (secondary N) is 1. The fraction of sp³-hybridized carbons (Fsp3) is 0.273. The summed E-state index contributed by atoms with van der Waals surface area (Å²) in [6.07, 6.45) is 0.330. The number of nitrogens with zero attached hydrogens (tertiary/aromatic N) is 1. The van der Waals surface area contributed by atoms with E-state index in [9.17, 15) is 9.59 Å². The first-order chi connectivity index (χ1) is 7.70. The van der Waals surface area contributed by atoms with Crippen molar-refractivity contribution in [3.8, 4) is 0 Å². The molecule has 0 aromatic heterocycles. The van der Waals surface area contributed by atoms with E-state index in [0.29, 0.717) is 18.8 Å². The van der Waals surface area contributed by atoms with Crippen LogP contribution in [0.3, 0.4) is 0 Å². The van der Waals surface area contributed by atoms with Crippen LogP contribution in [0.4, 0.5) is 10.5 Å². The van der Waals surface area contributed by atoms with Gasteiger partial charge in [-0.2, -0.15) is 0 Å². The van der Waals surface area contributed by atoms with Crippen LogP contribution in [0.15, 0.2) is 24.3 Å². The Morgan fingerprint density at radius 2 is 2.19 bits per heavy atom. The van der Waals surface area contributed by atoms with E-state index in [1.807, 2.05) is 24.3 Å². The van der Waals surface area contributed by atoms with Crippen LogP contribution in [0.25, 0.3) is 0 Å². The number of benzene rings is 1. The molecule has 5 heteroatoms. The fourth-order valence-electron chi connectivity index (χ4n) is 1.62. The maximum atomic E-state index is 11.6. The SMILES string of the molecule is O=C1CCN(c2cccc(CCl)c2)C(=O)N1. The van der Waals surface area contributed by atoms with Gasteiger partial charge >= 0.3 is 6.03 Å². The molecule has 16 heavy (non-hydrogen) atoms. The highest BCUT2D eigenvalue weighted by atomic mass is 35.5. The summed E-state index contributed by atoms with van der Waals surface area (Å²) >= 11 is 5.72. The molecule has 1 aromatic carbocycles. The van der Waals surface area contributed by atoms with Gasteiger partial charge in [0.15, 0.2) is 0 Å². The summed E-state index contributed by atoms with van der Waals surface area (Å²) in [7, 11) is 0. The number of alkyl halides is 1. The zero-order valence-electron chi connectivity index (χ0n) is 8.57. The van der Waals surface area contributed by atoms with E-state index in [4.69, 9.17) is 11.6 Å². The van der Waals surface area contributed by atoms with Crippen LogP contribution >= 0.6 is 11.6 Å². The first-order valence-electron chi connectivity index (χ1n) is 4.97. The standard InChI is InChI=1S/C11H11ClN2O2/c12-7-8-2-1-3-9(6-8)14-5-4-10(15)13-11(14)16/h1-3,6H,4-5,7H2,(H,13,15,16). The van der Waals surface area contributed by atoms with Gasteiger partial charge in [-0.15, -0.1) is 11.6 Å². The maximum absolute atomic E-state index is 11.6. The smallest absolute Gasteiger partial charge is 0.294 e. The van der Waals surface area contributed by atoms with Gasteiger partial charge in [0.1, 0.15) is 0 Å². The molecule has 1 fully saturated rings. The molecule has 1 saturated heterocycles. The van der Waals surface area contributed by atoms with Gasteiger partial charge in [-0.05, 0) is 17.7 Å². The maximum Gasteiger partial charge on any atom is 0.328 e. The Morgan fingerprint density at radius 1 is 1.38 bits per heavy atom. The third-order valence-electron chi connectivity index (χ3n) is 2.43. The minimum Gasteiger partial charge on any atom is -0.294 e. The molecule has 1 aliphatic rings. The molecule has 0 unspecified atom stereocenters. The first-order valence-corrected chi connectivity index (χ1v) is 5.50. The quantitative estimate of drug-likeness (QED) is 0.800. The van der Waals surface area contributed by atoms with E-state index in [0.717, 1.165) is 11.3 Å². The lowest BCUT2D eigenvalue weighted by Gasteiger charge is -2.26. The zero-order chi connectivity index (χ0) is 11.5. The summed E-state index contributed by atoms with van der Waals surface area (Å²) < 4.78 is 0. The lowest BCUT2D eigenvalue weighted by Crippen LogP contribution is -2.49. The van der Waals surface area contributed by atoms with E-state index in [-0.39, 0.29) is 11.9 Å². The Bertz CT molecular complexity index is 434. The molecule has 4 nitrogen and oxygen atoms in total. The van der Waals surface area contributed by atoms with E-state index >= 15 is 0 Å². The Balaban J connectivity index is 2.23. The van der Waals surface area contributed by atoms with Gasteiger partial charge in [0.25, 0.3) is 0 Å². The molecule has 1 aromatic rings. The van der Waals surface area contributed by atoms with Crippen LogP contribution in [0.5, 0.6) is 0 Å². The van der Waals surface area contributed by atoms with Gasteiger partial charge in [0, 0.05) is 24.5 Å². The summed E-state index contributed by atoms with van der Waals surface area (Å²) in [5.74, 6) is 0.178. The second-order valence-corrected chi connectivity index (χ2v) is 3.83. The molecule has 3 amide bonds. The number of carbonyl (C=O) groups is 2. The predicted molar refractivity (Wildman–Crippen MR) is 61.5 cm³/mol. The average Bonchev–Trinajstić information content (AvgIpc) is 2.29. The van der Waals surface area contributed by atoms with Crippen LogP contribution < -0.4 is 10.2 Å². The molecule has 84 valence electrons. The number of hydrogen-bond acceptors (Lipinski definition) is 2.